The van der Waals surface area contributed by atoms with Crippen LogP contribution in [0.2, 0.25) is 0 Å². The number of hydrogen-bond donors (Lipinski definition) is 0. The molecule has 1 aliphatic rings. The fourth-order valence-corrected chi connectivity index (χ4v) is 4.78. The van der Waals surface area contributed by atoms with Crippen LogP contribution in [0.1, 0.15) is 30.5 Å². The number of allylic oxidation sites excluding steroid dienone is 1. The fraction of sp³-hybridized carbons (Fsp3) is 0.211. The lowest BCUT2D eigenvalue weighted by Crippen LogP contribution is -2.39. The van der Waals surface area contributed by atoms with Gasteiger partial charge in [-0.2, -0.15) is 0 Å². The smallest absolute Gasteiger partial charge is 0.338 e. The Morgan fingerprint density at radius 1 is 1.41 bits per heavy atom. The van der Waals surface area contributed by atoms with Crippen LogP contribution in [0.15, 0.2) is 61.4 Å². The SMILES string of the molecule is CCOC(=O)C1=C(C)N=c2sc(=Cc3cccs3)c(=O)n2C1c1ccco1. The second-order valence-electron chi connectivity index (χ2n) is 5.83. The summed E-state index contributed by atoms with van der Waals surface area (Å²) in [6, 6.07) is 6.67. The number of fused-ring (bicyclic) bond motifs is 1. The van der Waals surface area contributed by atoms with E-state index in [1.807, 2.05) is 23.6 Å². The molecule has 0 spiro atoms. The Morgan fingerprint density at radius 3 is 2.93 bits per heavy atom. The number of carbonyl (C=O) groups excluding carboxylic acids is 1. The highest BCUT2D eigenvalue weighted by Gasteiger charge is 2.34. The van der Waals surface area contributed by atoms with E-state index in [1.165, 1.54) is 22.2 Å². The Labute approximate surface area is 162 Å². The first kappa shape index (κ1) is 17.7. The number of carbonyl (C=O) groups is 1. The average molecular weight is 400 g/mol. The maximum atomic E-state index is 13.1. The highest BCUT2D eigenvalue weighted by atomic mass is 32.1. The first-order chi connectivity index (χ1) is 13.1. The van der Waals surface area contributed by atoms with Gasteiger partial charge in [0.2, 0.25) is 0 Å². The largest absolute Gasteiger partial charge is 0.467 e. The number of thiophene rings is 1. The van der Waals surface area contributed by atoms with E-state index < -0.39 is 12.0 Å². The number of rotatable bonds is 4. The Kier molecular flexibility index (Phi) is 4.67. The van der Waals surface area contributed by atoms with Gasteiger partial charge in [0, 0.05) is 4.88 Å². The highest BCUT2D eigenvalue weighted by Crippen LogP contribution is 2.30. The van der Waals surface area contributed by atoms with Crippen LogP contribution in [0, 0.1) is 0 Å². The van der Waals surface area contributed by atoms with E-state index in [0.29, 0.717) is 26.4 Å². The normalized spacial score (nSPS) is 17.0. The van der Waals surface area contributed by atoms with Gasteiger partial charge in [0.25, 0.3) is 5.56 Å². The maximum absolute atomic E-state index is 13.1. The molecule has 0 aliphatic carbocycles. The van der Waals surface area contributed by atoms with Crippen molar-refractivity contribution in [3.05, 3.63) is 77.5 Å². The highest BCUT2D eigenvalue weighted by molar-refractivity contribution is 7.11. The Hall–Kier alpha value is -2.71. The molecule has 0 N–H and O–H groups in total. The molecule has 6 nitrogen and oxygen atoms in total. The minimum absolute atomic E-state index is 0.206. The molecule has 8 heteroatoms. The zero-order valence-corrected chi connectivity index (χ0v) is 16.3. The van der Waals surface area contributed by atoms with Gasteiger partial charge < -0.3 is 9.15 Å². The van der Waals surface area contributed by atoms with Crippen molar-refractivity contribution in [1.82, 2.24) is 4.57 Å². The Morgan fingerprint density at radius 2 is 2.26 bits per heavy atom. The molecular formula is C19H16N2O4S2. The van der Waals surface area contributed by atoms with Gasteiger partial charge >= 0.3 is 5.97 Å². The van der Waals surface area contributed by atoms with E-state index in [1.54, 1.807) is 37.3 Å². The molecule has 1 unspecified atom stereocenters. The Balaban J connectivity index is 1.96. The van der Waals surface area contributed by atoms with Crippen molar-refractivity contribution in [1.29, 1.82) is 0 Å². The molecule has 0 aromatic carbocycles. The molecule has 3 aromatic rings. The van der Waals surface area contributed by atoms with E-state index in [4.69, 9.17) is 9.15 Å². The maximum Gasteiger partial charge on any atom is 0.338 e. The van der Waals surface area contributed by atoms with Gasteiger partial charge in [-0.3, -0.25) is 9.36 Å². The van der Waals surface area contributed by atoms with Crippen LogP contribution in [0.4, 0.5) is 0 Å². The average Bonchev–Trinajstić information content (AvgIpc) is 3.38. The number of thiazole rings is 1. The van der Waals surface area contributed by atoms with E-state index in [9.17, 15) is 9.59 Å². The Bertz CT molecular complexity index is 1180. The summed E-state index contributed by atoms with van der Waals surface area (Å²) in [6.45, 7) is 3.73. The molecule has 1 aliphatic heterocycles. The molecule has 0 bridgehead atoms. The summed E-state index contributed by atoms with van der Waals surface area (Å²) in [7, 11) is 0. The van der Waals surface area contributed by atoms with E-state index in [2.05, 4.69) is 4.99 Å². The van der Waals surface area contributed by atoms with Gasteiger partial charge in [0.15, 0.2) is 4.80 Å². The van der Waals surface area contributed by atoms with E-state index >= 15 is 0 Å². The summed E-state index contributed by atoms with van der Waals surface area (Å²) in [5.41, 5.74) is 0.642. The molecule has 0 saturated heterocycles. The summed E-state index contributed by atoms with van der Waals surface area (Å²) in [5, 5.41) is 1.96. The number of ether oxygens (including phenoxy) is 1. The molecular weight excluding hydrogens is 384 g/mol. The fourth-order valence-electron chi connectivity index (χ4n) is 3.01. The van der Waals surface area contributed by atoms with Crippen LogP contribution in [-0.4, -0.2) is 17.1 Å². The molecule has 0 saturated carbocycles. The number of aromatic nitrogens is 1. The van der Waals surface area contributed by atoms with Crippen molar-refractivity contribution in [3.8, 4) is 0 Å². The van der Waals surface area contributed by atoms with Gasteiger partial charge in [-0.25, -0.2) is 9.79 Å². The number of nitrogens with zero attached hydrogens (tertiary/aromatic N) is 2. The van der Waals surface area contributed by atoms with Gasteiger partial charge in [-0.05, 0) is 43.5 Å². The molecule has 138 valence electrons. The first-order valence-electron chi connectivity index (χ1n) is 8.36. The lowest BCUT2D eigenvalue weighted by Gasteiger charge is -2.22. The topological polar surface area (TPSA) is 73.8 Å². The van der Waals surface area contributed by atoms with Crippen molar-refractivity contribution >= 4 is 34.7 Å². The molecule has 0 radical (unpaired) electrons. The molecule has 1 atom stereocenters. The van der Waals surface area contributed by atoms with Gasteiger partial charge in [-0.15, -0.1) is 11.3 Å². The standard InChI is InChI=1S/C19H16N2O4S2/c1-3-24-18(23)15-11(2)20-19-21(16(15)13-7-4-8-25-13)17(22)14(27-19)10-12-6-5-9-26-12/h4-10,16H,3H2,1-2H3. The van der Waals surface area contributed by atoms with Crippen molar-refractivity contribution in [2.75, 3.05) is 6.61 Å². The van der Waals surface area contributed by atoms with Crippen molar-refractivity contribution < 1.29 is 13.9 Å². The van der Waals surface area contributed by atoms with Gasteiger partial charge in [0.05, 0.1) is 28.7 Å². The van der Waals surface area contributed by atoms with Crippen molar-refractivity contribution in [3.63, 3.8) is 0 Å². The van der Waals surface area contributed by atoms with E-state index in [-0.39, 0.29) is 12.2 Å². The van der Waals surface area contributed by atoms with E-state index in [0.717, 1.165) is 4.88 Å². The molecule has 3 aromatic heterocycles. The second kappa shape index (κ2) is 7.13. The quantitative estimate of drug-likeness (QED) is 0.631. The lowest BCUT2D eigenvalue weighted by molar-refractivity contribution is -0.139. The van der Waals surface area contributed by atoms with Gasteiger partial charge in [-0.1, -0.05) is 17.4 Å². The van der Waals surface area contributed by atoms with Gasteiger partial charge in [0.1, 0.15) is 11.8 Å². The third-order valence-corrected chi connectivity index (χ3v) is 5.95. The molecule has 4 heterocycles. The van der Waals surface area contributed by atoms with Crippen molar-refractivity contribution in [2.45, 2.75) is 19.9 Å². The zero-order valence-electron chi connectivity index (χ0n) is 14.7. The predicted octanol–water partition coefficient (Wildman–Crippen LogP) is 2.45. The molecule has 4 rings (SSSR count). The summed E-state index contributed by atoms with van der Waals surface area (Å²) in [5.74, 6) is 0.00353. The summed E-state index contributed by atoms with van der Waals surface area (Å²) in [6.07, 6.45) is 3.37. The second-order valence-corrected chi connectivity index (χ2v) is 7.82. The van der Waals surface area contributed by atoms with Crippen LogP contribution in [0.25, 0.3) is 6.08 Å². The van der Waals surface area contributed by atoms with Crippen LogP contribution in [-0.2, 0) is 9.53 Å². The zero-order chi connectivity index (χ0) is 19.0. The predicted molar refractivity (Wildman–Crippen MR) is 103 cm³/mol. The number of hydrogen-bond acceptors (Lipinski definition) is 7. The molecule has 0 fully saturated rings. The number of esters is 1. The minimum atomic E-state index is -0.694. The van der Waals surface area contributed by atoms with Crippen LogP contribution >= 0.6 is 22.7 Å². The third kappa shape index (κ3) is 3.11. The molecule has 0 amide bonds. The van der Waals surface area contributed by atoms with Crippen LogP contribution < -0.4 is 14.9 Å². The monoisotopic (exact) mass is 400 g/mol. The summed E-state index contributed by atoms with van der Waals surface area (Å²) in [4.78, 5) is 31.8. The summed E-state index contributed by atoms with van der Waals surface area (Å²) < 4.78 is 12.8. The van der Waals surface area contributed by atoms with Crippen LogP contribution in [0.5, 0.6) is 0 Å². The van der Waals surface area contributed by atoms with Crippen molar-refractivity contribution in [2.24, 2.45) is 4.99 Å². The molecule has 27 heavy (non-hydrogen) atoms. The number of furan rings is 1. The first-order valence-corrected chi connectivity index (χ1v) is 10.1. The lowest BCUT2D eigenvalue weighted by atomic mass is 10.0. The minimum Gasteiger partial charge on any atom is -0.467 e. The van der Waals surface area contributed by atoms with Crippen LogP contribution in [0.3, 0.4) is 0 Å². The third-order valence-electron chi connectivity index (χ3n) is 4.15. The summed E-state index contributed by atoms with van der Waals surface area (Å²) >= 11 is 2.85.